The molecule has 2 saturated carbocycles. The number of fused-ring (bicyclic) bond motifs is 3. The fourth-order valence-corrected chi connectivity index (χ4v) is 5.42. The number of aromatic nitrogens is 4. The molecule has 3 aliphatic rings. The molecular weight excluding hydrogens is 380 g/mol. The Morgan fingerprint density at radius 3 is 2.72 bits per heavy atom. The van der Waals surface area contributed by atoms with Crippen molar-refractivity contribution in [2.45, 2.75) is 62.3 Å². The molecule has 0 radical (unpaired) electrons. The van der Waals surface area contributed by atoms with Crippen LogP contribution in [0.5, 0.6) is 0 Å². The smallest absolute Gasteiger partial charge is 0.280 e. The summed E-state index contributed by atoms with van der Waals surface area (Å²) in [5.74, 6) is -4.62. The van der Waals surface area contributed by atoms with Crippen LogP contribution in [0.1, 0.15) is 72.6 Å². The molecule has 0 bridgehead atoms. The first-order valence-electron chi connectivity index (χ1n) is 10.2. The molecule has 2 fully saturated rings. The average molecular weight is 403 g/mol. The number of hydrogen-bond acceptors (Lipinski definition) is 5. The van der Waals surface area contributed by atoms with Crippen LogP contribution in [0.25, 0.3) is 5.82 Å². The van der Waals surface area contributed by atoms with Crippen molar-refractivity contribution in [2.24, 2.45) is 5.92 Å². The summed E-state index contributed by atoms with van der Waals surface area (Å²) in [6.07, 6.45) is 9.25. The maximum atomic E-state index is 15.4. The lowest BCUT2D eigenvalue weighted by Gasteiger charge is -2.28. The molecule has 5 rings (SSSR count). The van der Waals surface area contributed by atoms with Crippen molar-refractivity contribution in [3.05, 3.63) is 35.5 Å². The Kier molecular flexibility index (Phi) is 4.20. The van der Waals surface area contributed by atoms with Crippen molar-refractivity contribution in [1.82, 2.24) is 25.1 Å². The van der Waals surface area contributed by atoms with Crippen molar-refractivity contribution in [1.29, 1.82) is 0 Å². The van der Waals surface area contributed by atoms with Crippen molar-refractivity contribution < 1.29 is 18.7 Å². The monoisotopic (exact) mass is 403 g/mol. The lowest BCUT2D eigenvalue weighted by Crippen LogP contribution is -2.49. The van der Waals surface area contributed by atoms with Gasteiger partial charge in [0.1, 0.15) is 0 Å². The number of aliphatic hydroxyl groups is 1. The van der Waals surface area contributed by atoms with E-state index < -0.39 is 23.3 Å². The molecule has 0 aliphatic heterocycles. The number of hydrogen-bond donors (Lipinski definition) is 2. The van der Waals surface area contributed by atoms with Crippen LogP contribution >= 0.6 is 0 Å². The highest BCUT2D eigenvalue weighted by Gasteiger charge is 2.60. The van der Waals surface area contributed by atoms with Crippen molar-refractivity contribution >= 4 is 5.91 Å². The summed E-state index contributed by atoms with van der Waals surface area (Å²) in [5.41, 5.74) is -0.914. The third-order valence-corrected chi connectivity index (χ3v) is 6.81. The molecule has 2 heterocycles. The van der Waals surface area contributed by atoms with Gasteiger partial charge < -0.3 is 10.4 Å². The molecule has 0 aromatic carbocycles. The van der Waals surface area contributed by atoms with Crippen LogP contribution in [0.3, 0.4) is 0 Å². The van der Waals surface area contributed by atoms with E-state index in [1.165, 1.54) is 23.3 Å². The molecule has 0 spiro atoms. The van der Waals surface area contributed by atoms with Gasteiger partial charge in [0, 0.05) is 24.2 Å². The number of rotatable bonds is 4. The van der Waals surface area contributed by atoms with Crippen LogP contribution in [0.15, 0.2) is 18.6 Å². The van der Waals surface area contributed by atoms with Gasteiger partial charge in [0.15, 0.2) is 11.5 Å². The van der Waals surface area contributed by atoms with Crippen molar-refractivity contribution in [3.63, 3.8) is 0 Å². The number of alkyl halides is 2. The van der Waals surface area contributed by atoms with E-state index in [2.05, 4.69) is 20.4 Å². The fraction of sp³-hybridized carbons (Fsp3) is 0.600. The van der Waals surface area contributed by atoms with Gasteiger partial charge in [0.05, 0.1) is 29.6 Å². The number of carbonyl (C=O) groups excluding carboxylic acids is 1. The number of nitrogens with zero attached hydrogens (tertiary/aromatic N) is 4. The van der Waals surface area contributed by atoms with E-state index in [-0.39, 0.29) is 23.8 Å². The Morgan fingerprint density at radius 2 is 2.03 bits per heavy atom. The van der Waals surface area contributed by atoms with Crippen molar-refractivity contribution in [3.8, 4) is 5.82 Å². The molecule has 7 nitrogen and oxygen atoms in total. The maximum absolute atomic E-state index is 15.4. The molecule has 154 valence electrons. The standard InChI is InChI=1S/C20H23F2N5O2/c21-20(22)13-5-3-4-12(13)17-15(20)16(26-27(17)14-10-23-8-9-24-14)18(29)25-19(11-28)6-1-2-7-19/h8-10,12-13,28H,1-7,11H2,(H,25,29). The quantitative estimate of drug-likeness (QED) is 0.819. The Labute approximate surface area is 166 Å². The molecule has 2 N–H and O–H groups in total. The van der Waals surface area contributed by atoms with Gasteiger partial charge in [-0.15, -0.1) is 0 Å². The summed E-state index contributed by atoms with van der Waals surface area (Å²) < 4.78 is 32.2. The minimum atomic E-state index is -3.12. The molecule has 2 unspecified atom stereocenters. The fourth-order valence-electron chi connectivity index (χ4n) is 5.42. The summed E-state index contributed by atoms with van der Waals surface area (Å²) in [6.45, 7) is -0.215. The molecule has 3 aliphatic carbocycles. The molecule has 1 amide bonds. The number of halogens is 2. The van der Waals surface area contributed by atoms with E-state index >= 15 is 8.78 Å². The van der Waals surface area contributed by atoms with Gasteiger partial charge in [-0.2, -0.15) is 5.10 Å². The Morgan fingerprint density at radius 1 is 1.24 bits per heavy atom. The summed E-state index contributed by atoms with van der Waals surface area (Å²) >= 11 is 0. The van der Waals surface area contributed by atoms with Gasteiger partial charge in [0.25, 0.3) is 11.8 Å². The molecule has 0 saturated heterocycles. The lowest BCUT2D eigenvalue weighted by molar-refractivity contribution is -0.0553. The third-order valence-electron chi connectivity index (χ3n) is 6.81. The molecule has 9 heteroatoms. The Hall–Kier alpha value is -2.42. The zero-order valence-electron chi connectivity index (χ0n) is 15.9. The Balaban J connectivity index is 1.63. The average Bonchev–Trinajstić information content (AvgIpc) is 3.48. The Bertz CT molecular complexity index is 940. The minimum Gasteiger partial charge on any atom is -0.394 e. The second-order valence-electron chi connectivity index (χ2n) is 8.45. The van der Waals surface area contributed by atoms with Gasteiger partial charge in [-0.25, -0.2) is 18.4 Å². The van der Waals surface area contributed by atoms with E-state index in [4.69, 9.17) is 0 Å². The SMILES string of the molecule is O=C(NC1(CO)CCCC1)c1nn(-c2cnccn2)c2c1C(F)(F)C1CCCC21. The summed E-state index contributed by atoms with van der Waals surface area (Å²) in [5, 5.41) is 16.9. The number of nitrogens with one attached hydrogen (secondary N) is 1. The molecule has 2 aromatic rings. The van der Waals surface area contributed by atoms with Crippen LogP contribution in [0, 0.1) is 5.92 Å². The van der Waals surface area contributed by atoms with E-state index in [9.17, 15) is 9.90 Å². The largest absolute Gasteiger partial charge is 0.394 e. The second-order valence-corrected chi connectivity index (χ2v) is 8.45. The predicted molar refractivity (Wildman–Crippen MR) is 98.9 cm³/mol. The third kappa shape index (κ3) is 2.70. The topological polar surface area (TPSA) is 92.9 Å². The molecular formula is C20H23F2N5O2. The van der Waals surface area contributed by atoms with Gasteiger partial charge in [0.2, 0.25) is 0 Å². The minimum absolute atomic E-state index is 0.215. The molecule has 2 atom stereocenters. The highest BCUT2D eigenvalue weighted by atomic mass is 19.3. The first-order chi connectivity index (χ1) is 14.0. The summed E-state index contributed by atoms with van der Waals surface area (Å²) in [4.78, 5) is 21.4. The predicted octanol–water partition coefficient (Wildman–Crippen LogP) is 2.69. The number of aliphatic hydroxyl groups excluding tert-OH is 1. The van der Waals surface area contributed by atoms with Gasteiger partial charge in [-0.1, -0.05) is 19.3 Å². The second kappa shape index (κ2) is 6.55. The zero-order chi connectivity index (χ0) is 20.2. The van der Waals surface area contributed by atoms with Crippen LogP contribution in [0.4, 0.5) is 8.78 Å². The number of amides is 1. The van der Waals surface area contributed by atoms with E-state index in [1.807, 2.05) is 0 Å². The van der Waals surface area contributed by atoms with Crippen LogP contribution in [0.2, 0.25) is 0 Å². The zero-order valence-corrected chi connectivity index (χ0v) is 15.9. The van der Waals surface area contributed by atoms with Crippen LogP contribution in [-0.4, -0.2) is 42.9 Å². The van der Waals surface area contributed by atoms with Crippen LogP contribution in [-0.2, 0) is 5.92 Å². The highest BCUT2D eigenvalue weighted by Crippen LogP contribution is 2.60. The molecule has 29 heavy (non-hydrogen) atoms. The van der Waals surface area contributed by atoms with E-state index in [1.54, 1.807) is 0 Å². The summed E-state index contributed by atoms with van der Waals surface area (Å²) in [7, 11) is 0. The molecule has 2 aromatic heterocycles. The summed E-state index contributed by atoms with van der Waals surface area (Å²) in [6, 6.07) is 0. The normalized spacial score (nSPS) is 26.3. The lowest BCUT2D eigenvalue weighted by atomic mass is 9.96. The van der Waals surface area contributed by atoms with E-state index in [0.717, 1.165) is 19.3 Å². The first kappa shape index (κ1) is 18.6. The highest BCUT2D eigenvalue weighted by molar-refractivity contribution is 5.95. The van der Waals surface area contributed by atoms with Crippen molar-refractivity contribution in [2.75, 3.05) is 6.61 Å². The van der Waals surface area contributed by atoms with Gasteiger partial charge >= 0.3 is 0 Å². The van der Waals surface area contributed by atoms with Crippen LogP contribution < -0.4 is 5.32 Å². The first-order valence-corrected chi connectivity index (χ1v) is 10.2. The maximum Gasteiger partial charge on any atom is 0.280 e. The van der Waals surface area contributed by atoms with Gasteiger partial charge in [-0.3, -0.25) is 9.78 Å². The van der Waals surface area contributed by atoms with Gasteiger partial charge in [-0.05, 0) is 25.7 Å². The van der Waals surface area contributed by atoms with E-state index in [0.29, 0.717) is 37.2 Å². The number of carbonyl (C=O) groups is 1.